The lowest BCUT2D eigenvalue weighted by Crippen LogP contribution is -2.28. The highest BCUT2D eigenvalue weighted by Crippen LogP contribution is 2.39. The van der Waals surface area contributed by atoms with Crippen molar-refractivity contribution in [2.24, 2.45) is 5.73 Å². The van der Waals surface area contributed by atoms with Crippen LogP contribution in [0.2, 0.25) is 0 Å². The molecule has 0 saturated carbocycles. The molecule has 2 aromatic rings. The van der Waals surface area contributed by atoms with E-state index >= 15 is 0 Å². The van der Waals surface area contributed by atoms with E-state index in [0.717, 1.165) is 11.1 Å². The first-order valence-electron chi connectivity index (χ1n) is 6.34. The monoisotopic (exact) mass is 280 g/mol. The van der Waals surface area contributed by atoms with Crippen LogP contribution in [0.1, 0.15) is 22.6 Å². The van der Waals surface area contributed by atoms with Crippen LogP contribution in [-0.4, -0.2) is 9.97 Å². The third kappa shape index (κ3) is 1.96. The number of aromatic amines is 1. The summed E-state index contributed by atoms with van der Waals surface area (Å²) in [5.41, 5.74) is 7.79. The molecule has 1 unspecified atom stereocenters. The number of rotatable bonds is 1. The molecule has 6 nitrogen and oxygen atoms in total. The molecule has 6 heteroatoms. The maximum atomic E-state index is 12.2. The van der Waals surface area contributed by atoms with E-state index in [4.69, 9.17) is 10.5 Å². The van der Waals surface area contributed by atoms with Crippen LogP contribution >= 0.6 is 0 Å². The Balaban J connectivity index is 2.34. The minimum Gasteiger partial charge on any atom is -0.422 e. The van der Waals surface area contributed by atoms with Gasteiger partial charge in [-0.25, -0.2) is 4.98 Å². The number of aromatic nitrogens is 2. The highest BCUT2D eigenvalue weighted by molar-refractivity contribution is 5.54. The van der Waals surface area contributed by atoms with E-state index in [1.807, 2.05) is 37.3 Å². The molecule has 1 aromatic heterocycles. The van der Waals surface area contributed by atoms with Crippen LogP contribution in [0.5, 0.6) is 5.88 Å². The minimum absolute atomic E-state index is 0.0173. The zero-order chi connectivity index (χ0) is 15.0. The summed E-state index contributed by atoms with van der Waals surface area (Å²) in [6, 6.07) is 9.58. The van der Waals surface area contributed by atoms with Gasteiger partial charge < -0.3 is 15.5 Å². The van der Waals surface area contributed by atoms with Gasteiger partial charge in [0.15, 0.2) is 0 Å². The van der Waals surface area contributed by atoms with Gasteiger partial charge in [0, 0.05) is 0 Å². The third-order valence-electron chi connectivity index (χ3n) is 3.52. The maximum Gasteiger partial charge on any atom is 0.258 e. The van der Waals surface area contributed by atoms with Crippen molar-refractivity contribution in [2.45, 2.75) is 12.8 Å². The quantitative estimate of drug-likeness (QED) is 0.819. The lowest BCUT2D eigenvalue weighted by molar-refractivity contribution is 0.375. The molecule has 0 aliphatic carbocycles. The Morgan fingerprint density at radius 3 is 2.90 bits per heavy atom. The topological polar surface area (TPSA) is 105 Å². The van der Waals surface area contributed by atoms with Gasteiger partial charge in [0.05, 0.1) is 17.8 Å². The third-order valence-corrected chi connectivity index (χ3v) is 3.52. The largest absolute Gasteiger partial charge is 0.422 e. The number of H-pyrrole nitrogens is 1. The number of allylic oxidation sites excluding steroid dienone is 1. The summed E-state index contributed by atoms with van der Waals surface area (Å²) < 4.78 is 5.31. The molecule has 0 bridgehead atoms. The zero-order valence-corrected chi connectivity index (χ0v) is 11.3. The number of nitrogens with one attached hydrogen (secondary N) is 1. The molecular formula is C15H12N4O2. The highest BCUT2D eigenvalue weighted by Gasteiger charge is 2.34. The summed E-state index contributed by atoms with van der Waals surface area (Å²) in [5.74, 6) is -0.447. The van der Waals surface area contributed by atoms with Crippen molar-refractivity contribution < 1.29 is 4.74 Å². The van der Waals surface area contributed by atoms with Crippen molar-refractivity contribution in [1.82, 2.24) is 9.97 Å². The number of hydrogen-bond donors (Lipinski definition) is 2. The molecule has 0 spiro atoms. The van der Waals surface area contributed by atoms with Crippen LogP contribution in [0.3, 0.4) is 0 Å². The smallest absolute Gasteiger partial charge is 0.258 e. The number of hydrogen-bond acceptors (Lipinski definition) is 5. The number of ether oxygens (including phenoxy) is 1. The van der Waals surface area contributed by atoms with Gasteiger partial charge in [0.1, 0.15) is 11.6 Å². The molecule has 3 N–H and O–H groups in total. The molecule has 3 rings (SSSR count). The number of benzene rings is 1. The van der Waals surface area contributed by atoms with Crippen LogP contribution in [0.25, 0.3) is 0 Å². The van der Waals surface area contributed by atoms with E-state index in [0.29, 0.717) is 5.56 Å². The molecule has 0 amide bonds. The molecule has 0 saturated heterocycles. The van der Waals surface area contributed by atoms with Crippen molar-refractivity contribution in [3.05, 3.63) is 69.1 Å². The fraction of sp³-hybridized carbons (Fsp3) is 0.133. The Kier molecular flexibility index (Phi) is 2.95. The normalized spacial score (nSPS) is 16.9. The fourth-order valence-corrected chi connectivity index (χ4v) is 2.52. The summed E-state index contributed by atoms with van der Waals surface area (Å²) in [4.78, 5) is 18.7. The summed E-state index contributed by atoms with van der Waals surface area (Å²) in [6.45, 7) is 1.92. The molecule has 104 valence electrons. The van der Waals surface area contributed by atoms with Crippen LogP contribution < -0.4 is 16.0 Å². The molecule has 2 heterocycles. The molecule has 21 heavy (non-hydrogen) atoms. The van der Waals surface area contributed by atoms with Crippen molar-refractivity contribution in [3.63, 3.8) is 0 Å². The predicted octanol–water partition coefficient (Wildman–Crippen LogP) is 1.30. The van der Waals surface area contributed by atoms with Gasteiger partial charge in [-0.2, -0.15) is 5.26 Å². The lowest BCUT2D eigenvalue weighted by Gasteiger charge is -2.25. The number of nitrogens with zero attached hydrogens (tertiary/aromatic N) is 2. The predicted molar refractivity (Wildman–Crippen MR) is 75.3 cm³/mol. The van der Waals surface area contributed by atoms with E-state index in [1.54, 1.807) is 0 Å². The Bertz CT molecular complexity index is 845. The second-order valence-corrected chi connectivity index (χ2v) is 4.73. The molecule has 1 aliphatic heterocycles. The Hall–Kier alpha value is -3.07. The van der Waals surface area contributed by atoms with E-state index in [9.17, 15) is 10.1 Å². The van der Waals surface area contributed by atoms with E-state index in [2.05, 4.69) is 9.97 Å². The second-order valence-electron chi connectivity index (χ2n) is 4.73. The molecule has 1 aliphatic rings. The average molecular weight is 280 g/mol. The summed E-state index contributed by atoms with van der Waals surface area (Å²) >= 11 is 0. The van der Waals surface area contributed by atoms with E-state index in [1.165, 1.54) is 6.33 Å². The minimum atomic E-state index is -0.572. The summed E-state index contributed by atoms with van der Waals surface area (Å²) in [5, 5.41) is 9.40. The maximum absolute atomic E-state index is 12.2. The highest BCUT2D eigenvalue weighted by atomic mass is 16.5. The van der Waals surface area contributed by atoms with Crippen LogP contribution in [0, 0.1) is 18.3 Å². The molecule has 1 aromatic carbocycles. The van der Waals surface area contributed by atoms with Crippen molar-refractivity contribution in [3.8, 4) is 11.9 Å². The van der Waals surface area contributed by atoms with Gasteiger partial charge in [0.2, 0.25) is 11.8 Å². The van der Waals surface area contributed by atoms with Crippen molar-refractivity contribution >= 4 is 0 Å². The Labute approximate surface area is 120 Å². The first-order valence-corrected chi connectivity index (χ1v) is 6.34. The summed E-state index contributed by atoms with van der Waals surface area (Å²) in [7, 11) is 0. The number of aryl methyl sites for hydroxylation is 1. The SMILES string of the molecule is Cc1ccccc1C1C(C#N)=C(N)Oc2nc[nH]c(=O)c21. The zero-order valence-electron chi connectivity index (χ0n) is 11.3. The number of fused-ring (bicyclic) bond motifs is 1. The first kappa shape index (κ1) is 12.9. The van der Waals surface area contributed by atoms with Gasteiger partial charge in [-0.15, -0.1) is 0 Å². The second kappa shape index (κ2) is 4.80. The molecule has 0 radical (unpaired) electrons. The van der Waals surface area contributed by atoms with Crippen LogP contribution in [0.15, 0.2) is 46.8 Å². The molecular weight excluding hydrogens is 268 g/mol. The molecule has 0 fully saturated rings. The fourth-order valence-electron chi connectivity index (χ4n) is 2.52. The Morgan fingerprint density at radius 2 is 2.19 bits per heavy atom. The van der Waals surface area contributed by atoms with E-state index in [-0.39, 0.29) is 22.9 Å². The van der Waals surface area contributed by atoms with Gasteiger partial charge >= 0.3 is 0 Å². The first-order chi connectivity index (χ1) is 10.1. The standard InChI is InChI=1S/C15H12N4O2/c1-8-4-2-3-5-9(8)11-10(6-16)13(17)21-15-12(11)14(20)18-7-19-15/h2-5,7,11H,17H2,1H3,(H,18,19,20). The van der Waals surface area contributed by atoms with Gasteiger partial charge in [0.25, 0.3) is 5.56 Å². The van der Waals surface area contributed by atoms with E-state index < -0.39 is 5.92 Å². The van der Waals surface area contributed by atoms with Gasteiger partial charge in [-0.05, 0) is 18.1 Å². The number of nitriles is 1. The van der Waals surface area contributed by atoms with Gasteiger partial charge in [-0.1, -0.05) is 24.3 Å². The molecule has 1 atom stereocenters. The Morgan fingerprint density at radius 1 is 1.43 bits per heavy atom. The number of nitrogens with two attached hydrogens (primary N) is 1. The average Bonchev–Trinajstić information content (AvgIpc) is 2.47. The van der Waals surface area contributed by atoms with Gasteiger partial charge in [-0.3, -0.25) is 4.79 Å². The van der Waals surface area contributed by atoms with Crippen molar-refractivity contribution in [2.75, 3.05) is 0 Å². The summed E-state index contributed by atoms with van der Waals surface area (Å²) in [6.07, 6.45) is 1.25. The van der Waals surface area contributed by atoms with Crippen LogP contribution in [-0.2, 0) is 0 Å². The van der Waals surface area contributed by atoms with Crippen LogP contribution in [0.4, 0.5) is 0 Å². The van der Waals surface area contributed by atoms with Crippen molar-refractivity contribution in [1.29, 1.82) is 5.26 Å². The lowest BCUT2D eigenvalue weighted by atomic mass is 9.83.